The summed E-state index contributed by atoms with van der Waals surface area (Å²) >= 11 is 11.9. The summed E-state index contributed by atoms with van der Waals surface area (Å²) in [5.41, 5.74) is 2.91. The van der Waals surface area contributed by atoms with Crippen molar-refractivity contribution in [1.29, 1.82) is 0 Å². The highest BCUT2D eigenvalue weighted by Crippen LogP contribution is 2.32. The summed E-state index contributed by atoms with van der Waals surface area (Å²) in [7, 11) is 0. The van der Waals surface area contributed by atoms with Gasteiger partial charge in [0.25, 0.3) is 5.91 Å². The van der Waals surface area contributed by atoms with Gasteiger partial charge < -0.3 is 10.1 Å². The van der Waals surface area contributed by atoms with Crippen LogP contribution in [0.4, 0.5) is 5.69 Å². The van der Waals surface area contributed by atoms with Crippen molar-refractivity contribution in [3.63, 3.8) is 0 Å². The molecule has 0 atom stereocenters. The Morgan fingerprint density at radius 1 is 1.14 bits per heavy atom. The fourth-order valence-corrected chi connectivity index (χ4v) is 2.40. The van der Waals surface area contributed by atoms with Gasteiger partial charge in [-0.1, -0.05) is 47.0 Å². The second-order valence-electron chi connectivity index (χ2n) is 4.71. The first-order valence-corrected chi connectivity index (χ1v) is 7.17. The Hall–Kier alpha value is -1.71. The SMILES string of the molecule is Cc1ccc(NC(=O)COc2c(Cl)cccc2Cl)c(C)c1. The maximum Gasteiger partial charge on any atom is 0.262 e. The molecule has 21 heavy (non-hydrogen) atoms. The largest absolute Gasteiger partial charge is 0.481 e. The van der Waals surface area contributed by atoms with Crippen LogP contribution >= 0.6 is 23.2 Å². The number of anilines is 1. The van der Waals surface area contributed by atoms with E-state index in [1.807, 2.05) is 32.0 Å². The highest BCUT2D eigenvalue weighted by molar-refractivity contribution is 6.37. The van der Waals surface area contributed by atoms with Crippen LogP contribution in [0.5, 0.6) is 5.75 Å². The monoisotopic (exact) mass is 323 g/mol. The van der Waals surface area contributed by atoms with Crippen molar-refractivity contribution in [2.24, 2.45) is 0 Å². The molecule has 5 heteroatoms. The summed E-state index contributed by atoms with van der Waals surface area (Å²) in [6, 6.07) is 10.8. The molecule has 1 amide bonds. The minimum atomic E-state index is -0.266. The average molecular weight is 324 g/mol. The van der Waals surface area contributed by atoms with Crippen LogP contribution in [0.15, 0.2) is 36.4 Å². The van der Waals surface area contributed by atoms with Gasteiger partial charge in [0.05, 0.1) is 10.0 Å². The number of carbonyl (C=O) groups is 1. The first kappa shape index (κ1) is 15.7. The van der Waals surface area contributed by atoms with Gasteiger partial charge in [-0.05, 0) is 37.6 Å². The molecule has 1 N–H and O–H groups in total. The van der Waals surface area contributed by atoms with Crippen molar-refractivity contribution in [3.05, 3.63) is 57.6 Å². The van der Waals surface area contributed by atoms with Gasteiger partial charge in [-0.3, -0.25) is 4.79 Å². The fraction of sp³-hybridized carbons (Fsp3) is 0.188. The van der Waals surface area contributed by atoms with Gasteiger partial charge >= 0.3 is 0 Å². The molecule has 2 aromatic rings. The molecule has 2 aromatic carbocycles. The van der Waals surface area contributed by atoms with Crippen LogP contribution in [0, 0.1) is 13.8 Å². The van der Waals surface area contributed by atoms with Crippen molar-refractivity contribution < 1.29 is 9.53 Å². The molecule has 0 aromatic heterocycles. The van der Waals surface area contributed by atoms with Gasteiger partial charge in [0.15, 0.2) is 12.4 Å². The molecular weight excluding hydrogens is 309 g/mol. The van der Waals surface area contributed by atoms with Crippen molar-refractivity contribution in [1.82, 2.24) is 0 Å². The van der Waals surface area contributed by atoms with Gasteiger partial charge in [-0.15, -0.1) is 0 Å². The molecule has 0 aliphatic rings. The highest BCUT2D eigenvalue weighted by atomic mass is 35.5. The normalized spacial score (nSPS) is 10.3. The van der Waals surface area contributed by atoms with Crippen LogP contribution in [-0.4, -0.2) is 12.5 Å². The Bertz CT molecular complexity index is 651. The third-order valence-corrected chi connectivity index (χ3v) is 3.52. The Kier molecular flexibility index (Phi) is 5.10. The summed E-state index contributed by atoms with van der Waals surface area (Å²) < 4.78 is 5.39. The Balaban J connectivity index is 1.99. The van der Waals surface area contributed by atoms with E-state index in [9.17, 15) is 4.79 Å². The Morgan fingerprint density at radius 2 is 1.81 bits per heavy atom. The van der Waals surface area contributed by atoms with E-state index in [2.05, 4.69) is 5.32 Å². The van der Waals surface area contributed by atoms with Gasteiger partial charge in [-0.2, -0.15) is 0 Å². The number of carbonyl (C=O) groups excluding carboxylic acids is 1. The number of rotatable bonds is 4. The Labute approximate surface area is 133 Å². The van der Waals surface area contributed by atoms with E-state index in [1.54, 1.807) is 18.2 Å². The smallest absolute Gasteiger partial charge is 0.262 e. The highest BCUT2D eigenvalue weighted by Gasteiger charge is 2.10. The van der Waals surface area contributed by atoms with E-state index in [1.165, 1.54) is 0 Å². The maximum atomic E-state index is 11.9. The number of ether oxygens (including phenoxy) is 1. The molecule has 0 unspecified atom stereocenters. The molecule has 0 saturated carbocycles. The molecule has 0 bridgehead atoms. The molecule has 0 fully saturated rings. The topological polar surface area (TPSA) is 38.3 Å². The van der Waals surface area contributed by atoms with Crippen LogP contribution < -0.4 is 10.1 Å². The van der Waals surface area contributed by atoms with Gasteiger partial charge in [0.2, 0.25) is 0 Å². The van der Waals surface area contributed by atoms with Crippen LogP contribution in [0.3, 0.4) is 0 Å². The van der Waals surface area contributed by atoms with Crippen molar-refractivity contribution >= 4 is 34.8 Å². The zero-order valence-electron chi connectivity index (χ0n) is 11.7. The van der Waals surface area contributed by atoms with Crippen molar-refractivity contribution in [3.8, 4) is 5.75 Å². The van der Waals surface area contributed by atoms with E-state index in [0.29, 0.717) is 15.8 Å². The van der Waals surface area contributed by atoms with E-state index < -0.39 is 0 Å². The number of para-hydroxylation sites is 1. The number of aryl methyl sites for hydroxylation is 2. The van der Waals surface area contributed by atoms with Crippen LogP contribution in [0.2, 0.25) is 10.0 Å². The molecule has 0 saturated heterocycles. The molecule has 3 nitrogen and oxygen atoms in total. The zero-order chi connectivity index (χ0) is 15.4. The van der Waals surface area contributed by atoms with Crippen molar-refractivity contribution in [2.45, 2.75) is 13.8 Å². The molecular formula is C16H15Cl2NO2. The lowest BCUT2D eigenvalue weighted by atomic mass is 10.1. The minimum Gasteiger partial charge on any atom is -0.481 e. The van der Waals surface area contributed by atoms with E-state index >= 15 is 0 Å². The number of benzene rings is 2. The molecule has 0 spiro atoms. The lowest BCUT2D eigenvalue weighted by Gasteiger charge is -2.11. The van der Waals surface area contributed by atoms with Crippen LogP contribution in [0.25, 0.3) is 0 Å². The first-order valence-electron chi connectivity index (χ1n) is 6.41. The Morgan fingerprint density at radius 3 is 2.43 bits per heavy atom. The lowest BCUT2D eigenvalue weighted by molar-refractivity contribution is -0.118. The second kappa shape index (κ2) is 6.83. The predicted molar refractivity (Wildman–Crippen MR) is 86.5 cm³/mol. The summed E-state index contributed by atoms with van der Waals surface area (Å²) in [6.07, 6.45) is 0. The quantitative estimate of drug-likeness (QED) is 0.890. The number of hydrogen-bond donors (Lipinski definition) is 1. The summed E-state index contributed by atoms with van der Waals surface area (Å²) in [5.74, 6) is 0.0505. The molecule has 0 aliphatic heterocycles. The molecule has 110 valence electrons. The molecule has 0 heterocycles. The lowest BCUT2D eigenvalue weighted by Crippen LogP contribution is -2.20. The predicted octanol–water partition coefficient (Wildman–Crippen LogP) is 4.63. The summed E-state index contributed by atoms with van der Waals surface area (Å²) in [4.78, 5) is 11.9. The summed E-state index contributed by atoms with van der Waals surface area (Å²) in [5, 5.41) is 3.55. The zero-order valence-corrected chi connectivity index (χ0v) is 13.3. The van der Waals surface area contributed by atoms with E-state index in [-0.39, 0.29) is 12.5 Å². The fourth-order valence-electron chi connectivity index (χ4n) is 1.90. The van der Waals surface area contributed by atoms with Gasteiger partial charge in [0.1, 0.15) is 0 Å². The average Bonchev–Trinajstić information content (AvgIpc) is 2.41. The van der Waals surface area contributed by atoms with Crippen molar-refractivity contribution in [2.75, 3.05) is 11.9 Å². The van der Waals surface area contributed by atoms with Gasteiger partial charge in [-0.25, -0.2) is 0 Å². The van der Waals surface area contributed by atoms with E-state index in [4.69, 9.17) is 27.9 Å². The second-order valence-corrected chi connectivity index (χ2v) is 5.52. The standard InChI is InChI=1S/C16H15Cl2NO2/c1-10-6-7-14(11(2)8-10)19-15(20)9-21-16-12(17)4-3-5-13(16)18/h3-8H,9H2,1-2H3,(H,19,20). The molecule has 0 radical (unpaired) electrons. The van der Waals surface area contributed by atoms with E-state index in [0.717, 1.165) is 16.8 Å². The third kappa shape index (κ3) is 4.13. The van der Waals surface area contributed by atoms with Crippen LogP contribution in [-0.2, 0) is 4.79 Å². The number of hydrogen-bond acceptors (Lipinski definition) is 2. The molecule has 0 aliphatic carbocycles. The molecule has 2 rings (SSSR count). The third-order valence-electron chi connectivity index (χ3n) is 2.92. The number of halogens is 2. The number of amides is 1. The maximum absolute atomic E-state index is 11.9. The first-order chi connectivity index (χ1) is 9.97. The van der Waals surface area contributed by atoms with Crippen LogP contribution in [0.1, 0.15) is 11.1 Å². The minimum absolute atomic E-state index is 0.156. The van der Waals surface area contributed by atoms with Gasteiger partial charge in [0, 0.05) is 5.69 Å². The summed E-state index contributed by atoms with van der Waals surface area (Å²) in [6.45, 7) is 3.78. The number of nitrogens with one attached hydrogen (secondary N) is 1.